The summed E-state index contributed by atoms with van der Waals surface area (Å²) in [5, 5.41) is 0. The molecule has 0 saturated carbocycles. The van der Waals surface area contributed by atoms with E-state index in [1.807, 2.05) is 0 Å². The molecule has 16 heavy (non-hydrogen) atoms. The minimum absolute atomic E-state index is 0.313. The highest BCUT2D eigenvalue weighted by atomic mass is 19.2. The molecule has 0 aliphatic heterocycles. The fourth-order valence-corrected chi connectivity index (χ4v) is 1.37. The van der Waals surface area contributed by atoms with Crippen molar-refractivity contribution in [3.63, 3.8) is 0 Å². The van der Waals surface area contributed by atoms with Crippen LogP contribution in [-0.2, 0) is 0 Å². The van der Waals surface area contributed by atoms with Crippen LogP contribution in [0.5, 0.6) is 0 Å². The second-order valence-electron chi connectivity index (χ2n) is 3.14. The Morgan fingerprint density at radius 3 is 2.38 bits per heavy atom. The van der Waals surface area contributed by atoms with Gasteiger partial charge in [-0.2, -0.15) is 0 Å². The van der Waals surface area contributed by atoms with E-state index in [2.05, 4.69) is 9.83 Å². The highest BCUT2D eigenvalue weighted by molar-refractivity contribution is 5.68. The molecule has 0 bridgehead atoms. The van der Waals surface area contributed by atoms with E-state index < -0.39 is 11.6 Å². The Kier molecular flexibility index (Phi) is 2.61. The van der Waals surface area contributed by atoms with E-state index in [0.29, 0.717) is 11.1 Å². The average Bonchev–Trinajstić information content (AvgIpc) is 2.33. The minimum atomic E-state index is -1.10. The van der Waals surface area contributed by atoms with Crippen LogP contribution in [0.4, 0.5) is 14.5 Å². The van der Waals surface area contributed by atoms with Gasteiger partial charge in [-0.15, -0.1) is 0 Å². The van der Waals surface area contributed by atoms with Crippen molar-refractivity contribution in [1.82, 2.24) is 4.98 Å². The van der Waals surface area contributed by atoms with Crippen molar-refractivity contribution in [1.29, 1.82) is 0 Å². The van der Waals surface area contributed by atoms with E-state index in [-0.39, 0.29) is 5.69 Å². The molecule has 1 heterocycles. The lowest BCUT2D eigenvalue weighted by atomic mass is 10.1. The van der Waals surface area contributed by atoms with Crippen molar-refractivity contribution in [2.45, 2.75) is 0 Å². The van der Waals surface area contributed by atoms with Gasteiger partial charge in [0.2, 0.25) is 5.69 Å². The first-order chi connectivity index (χ1) is 7.72. The van der Waals surface area contributed by atoms with Crippen molar-refractivity contribution in [2.24, 2.45) is 0 Å². The van der Waals surface area contributed by atoms with Gasteiger partial charge in [0.1, 0.15) is 5.82 Å². The summed E-state index contributed by atoms with van der Waals surface area (Å²) in [6.45, 7) is 6.75. The highest BCUT2D eigenvalue weighted by Crippen LogP contribution is 2.28. The Balaban J connectivity index is 2.61. The van der Waals surface area contributed by atoms with Crippen molar-refractivity contribution in [2.75, 3.05) is 0 Å². The largest absolute Gasteiger partial charge is 0.265 e. The van der Waals surface area contributed by atoms with Gasteiger partial charge in [0, 0.05) is 12.4 Å². The number of pyridine rings is 1. The maximum Gasteiger partial charge on any atom is 0.225 e. The average molecular weight is 216 g/mol. The Labute approximate surface area is 91.0 Å². The number of hydrogen-bond acceptors (Lipinski definition) is 1. The highest BCUT2D eigenvalue weighted by Gasteiger charge is 2.11. The molecule has 4 heteroatoms. The van der Waals surface area contributed by atoms with Gasteiger partial charge >= 0.3 is 0 Å². The van der Waals surface area contributed by atoms with Gasteiger partial charge < -0.3 is 0 Å². The first-order valence-electron chi connectivity index (χ1n) is 4.49. The maximum absolute atomic E-state index is 13.2. The summed E-state index contributed by atoms with van der Waals surface area (Å²) < 4.78 is 26.3. The zero-order valence-corrected chi connectivity index (χ0v) is 8.11. The van der Waals surface area contributed by atoms with E-state index in [4.69, 9.17) is 6.57 Å². The molecule has 1 aromatic heterocycles. The lowest BCUT2D eigenvalue weighted by molar-refractivity contribution is 0.513. The molecule has 2 aromatic rings. The molecule has 0 saturated heterocycles. The second kappa shape index (κ2) is 4.07. The van der Waals surface area contributed by atoms with Crippen molar-refractivity contribution in [3.05, 3.63) is 59.7 Å². The second-order valence-corrected chi connectivity index (χ2v) is 3.14. The number of halogens is 2. The number of benzene rings is 1. The van der Waals surface area contributed by atoms with E-state index in [9.17, 15) is 8.78 Å². The van der Waals surface area contributed by atoms with Crippen molar-refractivity contribution < 1.29 is 8.78 Å². The quantitative estimate of drug-likeness (QED) is 0.666. The number of hydrogen-bond donors (Lipinski definition) is 0. The fraction of sp³-hybridized carbons (Fsp3) is 0. The number of rotatable bonds is 1. The Hall–Kier alpha value is -2.28. The summed E-state index contributed by atoms with van der Waals surface area (Å²) in [4.78, 5) is 6.76. The lowest BCUT2D eigenvalue weighted by Gasteiger charge is -2.03. The summed E-state index contributed by atoms with van der Waals surface area (Å²) in [5.41, 5.74) is 0.845. The standard InChI is InChI=1S/C12H6F2N2/c1-15-11-7-9(6-10(13)12(11)14)8-2-4-16-5-3-8/h2-7H. The van der Waals surface area contributed by atoms with E-state index in [1.165, 1.54) is 6.07 Å². The molecular formula is C12H6F2N2. The van der Waals surface area contributed by atoms with E-state index >= 15 is 0 Å². The van der Waals surface area contributed by atoms with Crippen LogP contribution in [0, 0.1) is 18.2 Å². The third-order valence-electron chi connectivity index (χ3n) is 2.14. The SMILES string of the molecule is [C-]#[N+]c1cc(-c2ccncc2)cc(F)c1F. The van der Waals surface area contributed by atoms with Gasteiger partial charge in [-0.25, -0.2) is 13.6 Å². The molecule has 0 unspecified atom stereocenters. The number of aromatic nitrogens is 1. The van der Waals surface area contributed by atoms with Crippen LogP contribution in [0.25, 0.3) is 16.0 Å². The van der Waals surface area contributed by atoms with Gasteiger partial charge in [-0.05, 0) is 35.4 Å². The van der Waals surface area contributed by atoms with Gasteiger partial charge in [-0.1, -0.05) is 0 Å². The number of nitrogens with zero attached hydrogens (tertiary/aromatic N) is 2. The zero-order chi connectivity index (χ0) is 11.5. The minimum Gasteiger partial charge on any atom is -0.265 e. The molecule has 2 rings (SSSR count). The van der Waals surface area contributed by atoms with E-state index in [0.717, 1.165) is 6.07 Å². The van der Waals surface area contributed by atoms with Crippen LogP contribution < -0.4 is 0 Å². The fourth-order valence-electron chi connectivity index (χ4n) is 1.37. The molecule has 2 nitrogen and oxygen atoms in total. The summed E-state index contributed by atoms with van der Waals surface area (Å²) >= 11 is 0. The van der Waals surface area contributed by atoms with Crippen LogP contribution >= 0.6 is 0 Å². The molecule has 0 aliphatic carbocycles. The first kappa shape index (κ1) is 10.2. The Bertz CT molecular complexity index is 559. The van der Waals surface area contributed by atoms with Crippen LogP contribution in [0.1, 0.15) is 0 Å². The smallest absolute Gasteiger partial charge is 0.225 e. The van der Waals surface area contributed by atoms with Gasteiger partial charge in [0.15, 0.2) is 5.82 Å². The molecule has 0 N–H and O–H groups in total. The summed E-state index contributed by atoms with van der Waals surface area (Å²) in [6.07, 6.45) is 3.10. The van der Waals surface area contributed by atoms with Crippen LogP contribution in [0.2, 0.25) is 0 Å². The first-order valence-corrected chi connectivity index (χ1v) is 4.49. The Morgan fingerprint density at radius 1 is 1.06 bits per heavy atom. The zero-order valence-electron chi connectivity index (χ0n) is 8.11. The normalized spacial score (nSPS) is 9.81. The molecular weight excluding hydrogens is 210 g/mol. The van der Waals surface area contributed by atoms with Crippen molar-refractivity contribution in [3.8, 4) is 11.1 Å². The van der Waals surface area contributed by atoms with Crippen LogP contribution in [-0.4, -0.2) is 4.98 Å². The maximum atomic E-state index is 13.2. The van der Waals surface area contributed by atoms with Gasteiger partial charge in [0.05, 0.1) is 6.57 Å². The van der Waals surface area contributed by atoms with Crippen LogP contribution in [0.15, 0.2) is 36.7 Å². The third-order valence-corrected chi connectivity index (χ3v) is 2.14. The van der Waals surface area contributed by atoms with Gasteiger partial charge in [0.25, 0.3) is 0 Å². The monoisotopic (exact) mass is 216 g/mol. The molecule has 0 fully saturated rings. The molecule has 0 spiro atoms. The Morgan fingerprint density at radius 2 is 1.75 bits per heavy atom. The summed E-state index contributed by atoms with van der Waals surface area (Å²) in [6, 6.07) is 5.72. The topological polar surface area (TPSA) is 17.2 Å². The van der Waals surface area contributed by atoms with Crippen molar-refractivity contribution >= 4 is 5.69 Å². The summed E-state index contributed by atoms with van der Waals surface area (Å²) in [7, 11) is 0. The molecule has 0 atom stereocenters. The van der Waals surface area contributed by atoms with Gasteiger partial charge in [-0.3, -0.25) is 4.98 Å². The molecule has 0 aliphatic rings. The molecule has 0 amide bonds. The van der Waals surface area contributed by atoms with Crippen LogP contribution in [0.3, 0.4) is 0 Å². The molecule has 1 aromatic carbocycles. The predicted octanol–water partition coefficient (Wildman–Crippen LogP) is 3.58. The third kappa shape index (κ3) is 1.75. The predicted molar refractivity (Wildman–Crippen MR) is 55.9 cm³/mol. The molecule has 0 radical (unpaired) electrons. The lowest BCUT2D eigenvalue weighted by Crippen LogP contribution is -1.86. The van der Waals surface area contributed by atoms with E-state index in [1.54, 1.807) is 24.5 Å². The molecule has 78 valence electrons. The summed E-state index contributed by atoms with van der Waals surface area (Å²) in [5.74, 6) is -2.12.